The van der Waals surface area contributed by atoms with Gasteiger partial charge in [0.1, 0.15) is 0 Å². The van der Waals surface area contributed by atoms with E-state index in [0.717, 1.165) is 25.4 Å². The summed E-state index contributed by atoms with van der Waals surface area (Å²) < 4.78 is 0. The molecule has 0 aliphatic heterocycles. The smallest absolute Gasteiger partial charge is 0.239 e. The normalized spacial score (nSPS) is 12.2. The van der Waals surface area contributed by atoms with Gasteiger partial charge in [0.25, 0.3) is 0 Å². The first-order valence-electron chi connectivity index (χ1n) is 6.89. The zero-order valence-corrected chi connectivity index (χ0v) is 12.9. The number of nitrogens with one attached hydrogen (secondary N) is 1. The molecule has 19 heavy (non-hydrogen) atoms. The molecule has 3 nitrogen and oxygen atoms in total. The first-order valence-corrected chi connectivity index (χ1v) is 7.87. The van der Waals surface area contributed by atoms with E-state index in [1.54, 1.807) is 11.8 Å². The van der Waals surface area contributed by atoms with Gasteiger partial charge in [-0.3, -0.25) is 4.79 Å². The molecule has 1 amide bonds. The van der Waals surface area contributed by atoms with E-state index in [9.17, 15) is 4.79 Å². The first-order chi connectivity index (χ1) is 9.19. The quantitative estimate of drug-likeness (QED) is 0.587. The summed E-state index contributed by atoms with van der Waals surface area (Å²) in [6, 6.07) is 10.2. The van der Waals surface area contributed by atoms with Gasteiger partial charge in [-0.15, -0.1) is 11.8 Å². The molecule has 1 aromatic carbocycles. The lowest BCUT2D eigenvalue weighted by atomic mass is 10.3. The molecule has 0 bridgehead atoms. The Kier molecular flexibility index (Phi) is 7.60. The van der Waals surface area contributed by atoms with Crippen LogP contribution in [-0.4, -0.2) is 42.2 Å². The highest BCUT2D eigenvalue weighted by atomic mass is 32.2. The van der Waals surface area contributed by atoms with Crippen LogP contribution in [0.1, 0.15) is 20.8 Å². The lowest BCUT2D eigenvalue weighted by molar-refractivity contribution is -0.132. The van der Waals surface area contributed by atoms with Gasteiger partial charge in [0.2, 0.25) is 5.91 Å². The van der Waals surface area contributed by atoms with Crippen molar-refractivity contribution in [2.45, 2.75) is 31.7 Å². The van der Waals surface area contributed by atoms with E-state index in [2.05, 4.69) is 17.4 Å². The molecule has 106 valence electrons. The van der Waals surface area contributed by atoms with E-state index in [1.807, 2.05) is 43.9 Å². The van der Waals surface area contributed by atoms with Gasteiger partial charge in [-0.05, 0) is 32.9 Å². The fraction of sp³-hybridized carbons (Fsp3) is 0.533. The number of likely N-dealkylation sites (N-methyl/N-ethyl adjacent to an activating group) is 1. The molecule has 0 saturated carbocycles. The highest BCUT2D eigenvalue weighted by Crippen LogP contribution is 2.15. The van der Waals surface area contributed by atoms with E-state index < -0.39 is 0 Å². The van der Waals surface area contributed by atoms with Crippen molar-refractivity contribution in [2.24, 2.45) is 0 Å². The predicted molar refractivity (Wildman–Crippen MR) is 82.6 cm³/mol. The number of rotatable bonds is 8. The van der Waals surface area contributed by atoms with Crippen LogP contribution >= 0.6 is 11.8 Å². The van der Waals surface area contributed by atoms with E-state index in [4.69, 9.17) is 0 Å². The maximum atomic E-state index is 12.0. The van der Waals surface area contributed by atoms with Crippen LogP contribution in [0, 0.1) is 0 Å². The van der Waals surface area contributed by atoms with Crippen LogP contribution in [-0.2, 0) is 4.79 Å². The second-order valence-corrected chi connectivity index (χ2v) is 5.52. The number of thioether (sulfide) groups is 1. The molecule has 0 saturated heterocycles. The summed E-state index contributed by atoms with van der Waals surface area (Å²) in [6.45, 7) is 8.36. The van der Waals surface area contributed by atoms with E-state index in [-0.39, 0.29) is 11.9 Å². The summed E-state index contributed by atoms with van der Waals surface area (Å²) in [4.78, 5) is 15.2. The Bertz CT molecular complexity index is 366. The van der Waals surface area contributed by atoms with Crippen LogP contribution in [0.4, 0.5) is 0 Å². The third-order valence-corrected chi connectivity index (χ3v) is 4.02. The second-order valence-electron chi connectivity index (χ2n) is 4.35. The molecule has 0 spiro atoms. The minimum absolute atomic E-state index is 0.101. The minimum atomic E-state index is -0.101. The highest BCUT2D eigenvalue weighted by molar-refractivity contribution is 7.99. The van der Waals surface area contributed by atoms with Gasteiger partial charge >= 0.3 is 0 Å². The second kappa shape index (κ2) is 8.99. The molecule has 0 aliphatic carbocycles. The molecule has 1 rings (SSSR count). The van der Waals surface area contributed by atoms with Crippen LogP contribution in [0.25, 0.3) is 0 Å². The van der Waals surface area contributed by atoms with E-state index >= 15 is 0 Å². The molecule has 0 heterocycles. The molecule has 1 aromatic rings. The summed E-state index contributed by atoms with van der Waals surface area (Å²) in [7, 11) is 0. The van der Waals surface area contributed by atoms with E-state index in [0.29, 0.717) is 0 Å². The number of nitrogens with zero attached hydrogens (tertiary/aromatic N) is 1. The van der Waals surface area contributed by atoms with Gasteiger partial charge in [-0.1, -0.05) is 18.2 Å². The molecular weight excluding hydrogens is 256 g/mol. The highest BCUT2D eigenvalue weighted by Gasteiger charge is 2.16. The largest absolute Gasteiger partial charge is 0.342 e. The van der Waals surface area contributed by atoms with Gasteiger partial charge in [-0.2, -0.15) is 0 Å². The fourth-order valence-corrected chi connectivity index (χ4v) is 2.66. The number of benzene rings is 1. The number of amides is 1. The van der Waals surface area contributed by atoms with E-state index in [1.165, 1.54) is 4.90 Å². The lowest BCUT2D eigenvalue weighted by Crippen LogP contribution is -2.45. The Morgan fingerprint density at radius 3 is 2.47 bits per heavy atom. The summed E-state index contributed by atoms with van der Waals surface area (Å²) in [6.07, 6.45) is 0. The molecule has 0 radical (unpaired) electrons. The van der Waals surface area contributed by atoms with Crippen molar-refractivity contribution in [2.75, 3.05) is 25.4 Å². The third kappa shape index (κ3) is 5.66. The first kappa shape index (κ1) is 16.1. The summed E-state index contributed by atoms with van der Waals surface area (Å²) in [5.41, 5.74) is 0. The Morgan fingerprint density at radius 1 is 1.26 bits per heavy atom. The Morgan fingerprint density at radius 2 is 1.89 bits per heavy atom. The molecule has 0 aromatic heterocycles. The average molecular weight is 280 g/mol. The monoisotopic (exact) mass is 280 g/mol. The fourth-order valence-electron chi connectivity index (χ4n) is 1.86. The molecule has 4 heteroatoms. The Balaban J connectivity index is 2.23. The zero-order valence-electron chi connectivity index (χ0n) is 12.1. The maximum Gasteiger partial charge on any atom is 0.239 e. The third-order valence-electron chi connectivity index (χ3n) is 3.01. The molecule has 1 atom stereocenters. The van der Waals surface area contributed by atoms with Gasteiger partial charge in [0.15, 0.2) is 0 Å². The van der Waals surface area contributed by atoms with Crippen molar-refractivity contribution in [3.8, 4) is 0 Å². The van der Waals surface area contributed by atoms with Crippen molar-refractivity contribution in [1.82, 2.24) is 10.2 Å². The molecule has 1 N–H and O–H groups in total. The number of carbonyl (C=O) groups excluding carboxylic acids is 1. The van der Waals surface area contributed by atoms with Crippen LogP contribution in [0.3, 0.4) is 0 Å². The molecule has 0 aliphatic rings. The van der Waals surface area contributed by atoms with Crippen molar-refractivity contribution < 1.29 is 4.79 Å². The predicted octanol–water partition coefficient (Wildman–Crippen LogP) is 2.63. The van der Waals surface area contributed by atoms with Crippen LogP contribution in [0.15, 0.2) is 35.2 Å². The summed E-state index contributed by atoms with van der Waals surface area (Å²) in [5.74, 6) is 1.16. The Hall–Kier alpha value is -1.00. The van der Waals surface area contributed by atoms with Crippen molar-refractivity contribution in [3.63, 3.8) is 0 Å². The van der Waals surface area contributed by atoms with Gasteiger partial charge in [0.05, 0.1) is 6.04 Å². The zero-order chi connectivity index (χ0) is 14.1. The lowest BCUT2D eigenvalue weighted by Gasteiger charge is -2.23. The van der Waals surface area contributed by atoms with Gasteiger partial charge in [-0.25, -0.2) is 0 Å². The standard InChI is InChI=1S/C15H24N2OS/c1-4-17(5-2)15(18)13(3)16-11-12-19-14-9-7-6-8-10-14/h6-10,13,16H,4-5,11-12H2,1-3H3. The van der Waals surface area contributed by atoms with Gasteiger partial charge < -0.3 is 10.2 Å². The molecular formula is C15H24N2OS. The average Bonchev–Trinajstić information content (AvgIpc) is 2.45. The van der Waals surface area contributed by atoms with Crippen LogP contribution in [0.5, 0.6) is 0 Å². The van der Waals surface area contributed by atoms with Gasteiger partial charge in [0, 0.05) is 30.3 Å². The summed E-state index contributed by atoms with van der Waals surface area (Å²) >= 11 is 1.81. The van der Waals surface area contributed by atoms with Crippen LogP contribution < -0.4 is 5.32 Å². The minimum Gasteiger partial charge on any atom is -0.342 e. The number of hydrogen-bond donors (Lipinski definition) is 1. The van der Waals surface area contributed by atoms with Crippen molar-refractivity contribution in [1.29, 1.82) is 0 Å². The summed E-state index contributed by atoms with van der Waals surface area (Å²) in [5, 5.41) is 3.29. The van der Waals surface area contributed by atoms with Crippen molar-refractivity contribution >= 4 is 17.7 Å². The SMILES string of the molecule is CCN(CC)C(=O)C(C)NCCSc1ccccc1. The molecule has 0 fully saturated rings. The number of carbonyl (C=O) groups is 1. The van der Waals surface area contributed by atoms with Crippen LogP contribution in [0.2, 0.25) is 0 Å². The number of hydrogen-bond acceptors (Lipinski definition) is 3. The van der Waals surface area contributed by atoms with Crippen molar-refractivity contribution in [3.05, 3.63) is 30.3 Å². The Labute approximate surface area is 120 Å². The topological polar surface area (TPSA) is 32.3 Å². The maximum absolute atomic E-state index is 12.0. The molecule has 1 unspecified atom stereocenters.